The number of hydrogen-bond donors (Lipinski definition) is 0. The van der Waals surface area contributed by atoms with Gasteiger partial charge in [0.05, 0.1) is 6.61 Å². The highest BCUT2D eigenvalue weighted by Crippen LogP contribution is 2.37. The van der Waals surface area contributed by atoms with Crippen molar-refractivity contribution >= 4 is 11.9 Å². The molecule has 33 heavy (non-hydrogen) atoms. The van der Waals surface area contributed by atoms with Gasteiger partial charge in [0, 0.05) is 25.3 Å². The van der Waals surface area contributed by atoms with Crippen LogP contribution in [0, 0.1) is 16.7 Å². The summed E-state index contributed by atoms with van der Waals surface area (Å²) in [6.07, 6.45) is 17.8. The molecule has 0 aromatic heterocycles. The Kier molecular flexibility index (Phi) is 17.7. The molecule has 7 heteroatoms. The second-order valence-electron chi connectivity index (χ2n) is 9.33. The molecule has 0 spiro atoms. The molecule has 0 amide bonds. The lowest BCUT2D eigenvalue weighted by atomic mass is 9.84. The third kappa shape index (κ3) is 14.2. The van der Waals surface area contributed by atoms with E-state index in [1.54, 1.807) is 7.05 Å². The van der Waals surface area contributed by atoms with E-state index in [9.17, 15) is 9.39 Å². The first-order valence-corrected chi connectivity index (χ1v) is 13.9. The third-order valence-electron chi connectivity index (χ3n) is 6.57. The number of unbranched alkanes of at least 4 members (excludes halogenated alkanes) is 2. The first kappa shape index (κ1) is 30.1. The Morgan fingerprint density at radius 3 is 2.42 bits per heavy atom. The molecule has 0 radical (unpaired) electrons. The average molecular weight is 486 g/mol. The van der Waals surface area contributed by atoms with Crippen molar-refractivity contribution in [2.75, 3.05) is 33.3 Å². The van der Waals surface area contributed by atoms with Gasteiger partial charge >= 0.3 is 0 Å². The number of halogens is 1. The Bertz CT molecular complexity index is 544. The number of nitroso groups, excluding NO2 is 1. The van der Waals surface area contributed by atoms with Gasteiger partial charge in [-0.2, -0.15) is 0 Å². The van der Waals surface area contributed by atoms with Gasteiger partial charge in [0.25, 0.3) is 0 Å². The monoisotopic (exact) mass is 485 g/mol. The summed E-state index contributed by atoms with van der Waals surface area (Å²) in [5, 5.41) is 3.38. The van der Waals surface area contributed by atoms with Gasteiger partial charge in [-0.3, -0.25) is 0 Å². The molecule has 1 aliphatic heterocycles. The summed E-state index contributed by atoms with van der Waals surface area (Å²) in [7, 11) is 1.54. The van der Waals surface area contributed by atoms with Crippen LogP contribution in [0.3, 0.4) is 0 Å². The molecule has 1 saturated heterocycles. The van der Waals surface area contributed by atoms with Crippen LogP contribution in [0.4, 0.5) is 4.48 Å². The van der Waals surface area contributed by atoms with Crippen LogP contribution in [-0.2, 0) is 4.74 Å². The van der Waals surface area contributed by atoms with Crippen molar-refractivity contribution in [2.45, 2.75) is 96.7 Å². The van der Waals surface area contributed by atoms with Crippen LogP contribution in [0.15, 0.2) is 29.3 Å². The van der Waals surface area contributed by atoms with E-state index < -0.39 is 0 Å². The number of nitrogens with zero attached hydrogens (tertiary/aromatic N) is 3. The summed E-state index contributed by atoms with van der Waals surface area (Å²) in [6.45, 7) is 10.2. The normalized spacial score (nSPS) is 17.4. The van der Waals surface area contributed by atoms with E-state index >= 15 is 0 Å². The number of rotatable bonds is 19. The van der Waals surface area contributed by atoms with Crippen LogP contribution < -0.4 is 0 Å². The Morgan fingerprint density at radius 1 is 1.21 bits per heavy atom. The maximum absolute atomic E-state index is 13.9. The molecule has 1 unspecified atom stereocenters. The predicted octanol–water partition coefficient (Wildman–Crippen LogP) is 7.90. The number of allylic oxidation sites excluding steroid dienone is 2. The molecule has 0 aliphatic carbocycles. The van der Waals surface area contributed by atoms with Crippen LogP contribution in [-0.4, -0.2) is 48.0 Å². The molecule has 1 heterocycles. The van der Waals surface area contributed by atoms with Crippen molar-refractivity contribution in [2.24, 2.45) is 17.0 Å². The molecular weight excluding hydrogens is 437 g/mol. The maximum atomic E-state index is 13.9. The molecule has 0 aromatic rings. The number of hydrogen-bond acceptors (Lipinski definition) is 6. The highest BCUT2D eigenvalue weighted by atomic mass is 32.2. The molecule has 192 valence electrons. The lowest BCUT2D eigenvalue weighted by Crippen LogP contribution is -2.38. The van der Waals surface area contributed by atoms with E-state index in [-0.39, 0.29) is 0 Å². The van der Waals surface area contributed by atoms with Crippen molar-refractivity contribution in [1.82, 2.24) is 9.43 Å². The number of ether oxygens (including phenoxy) is 1. The van der Waals surface area contributed by atoms with Gasteiger partial charge in [-0.15, -0.1) is 9.39 Å². The number of likely N-dealkylation sites (tertiary alicyclic amines) is 1. The second kappa shape index (κ2) is 19.4. The molecule has 1 fully saturated rings. The summed E-state index contributed by atoms with van der Waals surface area (Å²) in [4.78, 5) is 13.3. The molecule has 0 aromatic carbocycles. The first-order valence-electron chi connectivity index (χ1n) is 13.1. The smallest absolute Gasteiger partial charge is 0.123 e. The Balaban J connectivity index is 2.45. The third-order valence-corrected chi connectivity index (χ3v) is 7.71. The number of piperidine rings is 1. The van der Waals surface area contributed by atoms with Crippen LogP contribution in [0.1, 0.15) is 91.4 Å². The zero-order chi connectivity index (χ0) is 24.3. The van der Waals surface area contributed by atoms with Crippen LogP contribution in [0.2, 0.25) is 0 Å². The summed E-state index contributed by atoms with van der Waals surface area (Å²) < 4.78 is 20.2. The van der Waals surface area contributed by atoms with E-state index in [1.165, 1.54) is 56.7 Å². The molecule has 0 bridgehead atoms. The summed E-state index contributed by atoms with van der Waals surface area (Å²) in [6, 6.07) is 0. The van der Waals surface area contributed by atoms with Gasteiger partial charge in [-0.05, 0) is 74.7 Å². The largest absolute Gasteiger partial charge is 0.499 e. The van der Waals surface area contributed by atoms with Crippen molar-refractivity contribution < 1.29 is 9.22 Å². The fourth-order valence-electron chi connectivity index (χ4n) is 4.62. The Morgan fingerprint density at radius 2 is 1.88 bits per heavy atom. The lowest BCUT2D eigenvalue weighted by molar-refractivity contribution is 0.151. The van der Waals surface area contributed by atoms with E-state index in [0.717, 1.165) is 55.8 Å². The van der Waals surface area contributed by atoms with Crippen LogP contribution >= 0.6 is 11.9 Å². The minimum Gasteiger partial charge on any atom is -0.499 e. The van der Waals surface area contributed by atoms with Gasteiger partial charge in [0.1, 0.15) is 12.0 Å². The van der Waals surface area contributed by atoms with Gasteiger partial charge in [0.15, 0.2) is 0 Å². The summed E-state index contributed by atoms with van der Waals surface area (Å²) >= 11 is 1.42. The van der Waals surface area contributed by atoms with Gasteiger partial charge in [-0.1, -0.05) is 69.1 Å². The van der Waals surface area contributed by atoms with Crippen LogP contribution in [0.25, 0.3) is 0 Å². The lowest BCUT2D eigenvalue weighted by Gasteiger charge is -2.37. The zero-order valence-electron chi connectivity index (χ0n) is 21.5. The second-order valence-corrected chi connectivity index (χ2v) is 10.6. The van der Waals surface area contributed by atoms with E-state index in [1.807, 2.05) is 19.1 Å². The van der Waals surface area contributed by atoms with E-state index in [0.29, 0.717) is 29.9 Å². The van der Waals surface area contributed by atoms with Gasteiger partial charge < -0.3 is 9.64 Å². The highest BCUT2D eigenvalue weighted by molar-refractivity contribution is 7.97. The summed E-state index contributed by atoms with van der Waals surface area (Å²) in [5.74, 6) is 1.31. The SMILES string of the molecule is C/C=C\C/C(=C/OCCCN1CCC(C(CC(CCCC)CCCC)SN(C)F)CC1)N=O. The Hall–Kier alpha value is -0.920. The van der Waals surface area contributed by atoms with E-state index in [2.05, 4.69) is 23.9 Å². The topological polar surface area (TPSA) is 45.1 Å². The molecule has 0 N–H and O–H groups in total. The van der Waals surface area contributed by atoms with Crippen molar-refractivity contribution in [3.63, 3.8) is 0 Å². The molecule has 1 aliphatic rings. The fourth-order valence-corrected chi connectivity index (χ4v) is 5.80. The maximum Gasteiger partial charge on any atom is 0.123 e. The highest BCUT2D eigenvalue weighted by Gasteiger charge is 2.30. The predicted molar refractivity (Wildman–Crippen MR) is 140 cm³/mol. The summed E-state index contributed by atoms with van der Waals surface area (Å²) in [5.41, 5.74) is 0.423. The molecular formula is C26H48FN3O2S. The van der Waals surface area contributed by atoms with Crippen molar-refractivity contribution in [3.8, 4) is 0 Å². The molecule has 1 rings (SSSR count). The first-order chi connectivity index (χ1) is 16.0. The van der Waals surface area contributed by atoms with Gasteiger partial charge in [0.2, 0.25) is 0 Å². The van der Waals surface area contributed by atoms with Gasteiger partial charge in [-0.25, -0.2) is 0 Å². The Labute approximate surface area is 206 Å². The quantitative estimate of drug-likeness (QED) is 0.0464. The zero-order valence-corrected chi connectivity index (χ0v) is 22.3. The fraction of sp³-hybridized carbons (Fsp3) is 0.846. The molecule has 5 nitrogen and oxygen atoms in total. The minimum atomic E-state index is 0.376. The molecule has 0 saturated carbocycles. The average Bonchev–Trinajstić information content (AvgIpc) is 2.82. The van der Waals surface area contributed by atoms with E-state index in [4.69, 9.17) is 4.74 Å². The van der Waals surface area contributed by atoms with Crippen molar-refractivity contribution in [3.05, 3.63) is 29.0 Å². The van der Waals surface area contributed by atoms with Crippen molar-refractivity contribution in [1.29, 1.82) is 0 Å². The minimum absolute atomic E-state index is 0.376. The van der Waals surface area contributed by atoms with Crippen LogP contribution in [0.5, 0.6) is 0 Å². The standard InChI is InChI=1S/C26H48FN3O2S/c1-5-8-12-23(13-9-6-2)21-26(33-29(4)27)24-15-18-30(19-16-24)17-11-20-32-22-25(28-31)14-10-7-3/h7,10,22-24,26H,5-6,8-9,11-21H2,1-4H3/b10-7-,25-22-. The molecule has 1 atom stereocenters.